The van der Waals surface area contributed by atoms with Crippen LogP contribution in [0.5, 0.6) is 0 Å². The number of hydrogen-bond acceptors (Lipinski definition) is 4. The second-order valence-electron chi connectivity index (χ2n) is 6.95. The molecule has 0 atom stereocenters. The van der Waals surface area contributed by atoms with Gasteiger partial charge in [0, 0.05) is 45.0 Å². The first-order chi connectivity index (χ1) is 10.9. The summed E-state index contributed by atoms with van der Waals surface area (Å²) in [6.07, 6.45) is 3.11. The molecule has 0 aromatic carbocycles. The summed E-state index contributed by atoms with van der Waals surface area (Å²) in [4.78, 5) is 11.4. The van der Waals surface area contributed by atoms with Crippen LogP contribution in [0.15, 0.2) is 0 Å². The Labute approximate surface area is 136 Å². The predicted octanol–water partition coefficient (Wildman–Crippen LogP) is 2.73. The van der Waals surface area contributed by atoms with Crippen LogP contribution in [0.1, 0.15) is 42.8 Å². The molecule has 4 nitrogen and oxygen atoms in total. The maximum absolute atomic E-state index is 13.3. The number of aryl methyl sites for hydroxylation is 1. The van der Waals surface area contributed by atoms with E-state index < -0.39 is 5.92 Å². The average molecular weight is 324 g/mol. The van der Waals surface area contributed by atoms with Crippen molar-refractivity contribution in [1.82, 2.24) is 15.3 Å². The molecule has 1 saturated carbocycles. The van der Waals surface area contributed by atoms with Crippen LogP contribution in [0.3, 0.4) is 0 Å². The average Bonchev–Trinajstić information content (AvgIpc) is 2.73. The summed E-state index contributed by atoms with van der Waals surface area (Å²) in [6, 6.07) is 0. The van der Waals surface area contributed by atoms with Gasteiger partial charge in [0.05, 0.1) is 5.69 Å². The highest BCUT2D eigenvalue weighted by Gasteiger charge is 2.35. The third-order valence-electron chi connectivity index (χ3n) is 5.00. The van der Waals surface area contributed by atoms with Crippen molar-refractivity contribution in [3.8, 4) is 0 Å². The highest BCUT2D eigenvalue weighted by molar-refractivity contribution is 5.49. The molecule has 1 aliphatic heterocycles. The van der Waals surface area contributed by atoms with Crippen molar-refractivity contribution in [3.05, 3.63) is 17.1 Å². The van der Waals surface area contributed by atoms with Gasteiger partial charge >= 0.3 is 0 Å². The van der Waals surface area contributed by atoms with Gasteiger partial charge in [0.1, 0.15) is 11.6 Å². The summed E-state index contributed by atoms with van der Waals surface area (Å²) in [7, 11) is 2.03. The van der Waals surface area contributed by atoms with Crippen molar-refractivity contribution < 1.29 is 8.78 Å². The molecule has 1 aromatic rings. The Balaban J connectivity index is 1.74. The smallest absolute Gasteiger partial charge is 0.248 e. The number of halogens is 2. The fraction of sp³-hybridized carbons (Fsp3) is 0.765. The lowest BCUT2D eigenvalue weighted by Gasteiger charge is -2.32. The quantitative estimate of drug-likeness (QED) is 0.928. The molecule has 2 heterocycles. The molecule has 23 heavy (non-hydrogen) atoms. The van der Waals surface area contributed by atoms with E-state index in [0.29, 0.717) is 18.8 Å². The maximum Gasteiger partial charge on any atom is 0.248 e. The minimum Gasteiger partial charge on any atom is -0.359 e. The molecule has 0 saturated heterocycles. The normalized spacial score (nSPS) is 21.6. The molecule has 0 radical (unpaired) electrons. The molecule has 3 rings (SSSR count). The van der Waals surface area contributed by atoms with Crippen molar-refractivity contribution >= 4 is 5.82 Å². The van der Waals surface area contributed by atoms with E-state index in [0.717, 1.165) is 49.8 Å². The molecule has 0 unspecified atom stereocenters. The van der Waals surface area contributed by atoms with Gasteiger partial charge in [-0.25, -0.2) is 18.7 Å². The third-order valence-corrected chi connectivity index (χ3v) is 5.00. The number of anilines is 1. The Hall–Kier alpha value is -1.30. The van der Waals surface area contributed by atoms with Gasteiger partial charge in [0.25, 0.3) is 0 Å². The van der Waals surface area contributed by atoms with Crippen LogP contribution in [0.4, 0.5) is 14.6 Å². The molecule has 1 aromatic heterocycles. The summed E-state index contributed by atoms with van der Waals surface area (Å²) in [5.41, 5.74) is 2.36. The first kappa shape index (κ1) is 16.6. The number of aromatic nitrogens is 2. The summed E-state index contributed by atoms with van der Waals surface area (Å²) in [5.74, 6) is -0.339. The Morgan fingerprint density at radius 2 is 1.87 bits per heavy atom. The summed E-state index contributed by atoms with van der Waals surface area (Å²) >= 11 is 0. The summed E-state index contributed by atoms with van der Waals surface area (Å²) < 4.78 is 26.6. The van der Waals surface area contributed by atoms with Gasteiger partial charge in [-0.2, -0.15) is 0 Å². The van der Waals surface area contributed by atoms with Gasteiger partial charge in [0.2, 0.25) is 5.92 Å². The van der Waals surface area contributed by atoms with Crippen molar-refractivity contribution in [3.63, 3.8) is 0 Å². The van der Waals surface area contributed by atoms with E-state index in [9.17, 15) is 8.78 Å². The SMILES string of the molecule is Cc1nc2c(c(N(C)CC3CCC(F)(F)CC3)n1)CCNCC2. The molecule has 0 amide bonds. The lowest BCUT2D eigenvalue weighted by atomic mass is 9.86. The zero-order valence-corrected chi connectivity index (χ0v) is 14.0. The molecule has 2 aliphatic rings. The Kier molecular flexibility index (Phi) is 4.80. The minimum atomic E-state index is -2.46. The monoisotopic (exact) mass is 324 g/mol. The van der Waals surface area contributed by atoms with Gasteiger partial charge < -0.3 is 10.2 Å². The number of hydrogen-bond donors (Lipinski definition) is 1. The second kappa shape index (κ2) is 6.67. The van der Waals surface area contributed by atoms with Crippen molar-refractivity contribution in [1.29, 1.82) is 0 Å². The van der Waals surface area contributed by atoms with E-state index in [1.165, 1.54) is 5.56 Å². The van der Waals surface area contributed by atoms with E-state index in [-0.39, 0.29) is 12.8 Å². The standard InChI is InChI=1S/C17H26F2N4/c1-12-21-15-6-10-20-9-5-14(15)16(22-12)23(2)11-13-3-7-17(18,19)8-4-13/h13,20H,3-11H2,1-2H3. The summed E-state index contributed by atoms with van der Waals surface area (Å²) in [5, 5.41) is 3.40. The molecular formula is C17H26F2N4. The van der Waals surface area contributed by atoms with E-state index in [2.05, 4.69) is 20.2 Å². The Bertz CT molecular complexity index is 552. The van der Waals surface area contributed by atoms with E-state index in [4.69, 9.17) is 0 Å². The number of nitrogens with one attached hydrogen (secondary N) is 1. The highest BCUT2D eigenvalue weighted by Crippen LogP contribution is 2.37. The third kappa shape index (κ3) is 3.97. The molecule has 0 spiro atoms. The molecule has 6 heteroatoms. The zero-order chi connectivity index (χ0) is 16.4. The summed E-state index contributed by atoms with van der Waals surface area (Å²) in [6.45, 7) is 4.61. The van der Waals surface area contributed by atoms with Crippen LogP contribution < -0.4 is 10.2 Å². The fourth-order valence-corrected chi connectivity index (χ4v) is 3.72. The van der Waals surface area contributed by atoms with Crippen molar-refractivity contribution in [2.75, 3.05) is 31.6 Å². The second-order valence-corrected chi connectivity index (χ2v) is 6.95. The lowest BCUT2D eigenvalue weighted by Crippen LogP contribution is -2.33. The number of fused-ring (bicyclic) bond motifs is 1. The molecule has 1 aliphatic carbocycles. The molecule has 1 N–H and O–H groups in total. The van der Waals surface area contributed by atoms with Crippen LogP contribution >= 0.6 is 0 Å². The largest absolute Gasteiger partial charge is 0.359 e. The predicted molar refractivity (Wildman–Crippen MR) is 87.2 cm³/mol. The van der Waals surface area contributed by atoms with Gasteiger partial charge in [0.15, 0.2) is 0 Å². The van der Waals surface area contributed by atoms with E-state index in [1.54, 1.807) is 0 Å². The van der Waals surface area contributed by atoms with Crippen LogP contribution in [0.2, 0.25) is 0 Å². The first-order valence-electron chi connectivity index (χ1n) is 8.61. The molecular weight excluding hydrogens is 298 g/mol. The lowest BCUT2D eigenvalue weighted by molar-refractivity contribution is -0.0448. The zero-order valence-electron chi connectivity index (χ0n) is 14.0. The van der Waals surface area contributed by atoms with Crippen LogP contribution in [0, 0.1) is 12.8 Å². The van der Waals surface area contributed by atoms with E-state index >= 15 is 0 Å². The number of rotatable bonds is 3. The van der Waals surface area contributed by atoms with Crippen LogP contribution in [0.25, 0.3) is 0 Å². The molecule has 1 fully saturated rings. The van der Waals surface area contributed by atoms with Gasteiger partial charge in [-0.15, -0.1) is 0 Å². The van der Waals surface area contributed by atoms with Gasteiger partial charge in [-0.3, -0.25) is 0 Å². The van der Waals surface area contributed by atoms with Crippen LogP contribution in [-0.4, -0.2) is 42.6 Å². The van der Waals surface area contributed by atoms with Crippen molar-refractivity contribution in [2.45, 2.75) is 51.4 Å². The first-order valence-corrected chi connectivity index (χ1v) is 8.61. The van der Waals surface area contributed by atoms with Crippen molar-refractivity contribution in [2.24, 2.45) is 5.92 Å². The molecule has 128 valence electrons. The maximum atomic E-state index is 13.3. The topological polar surface area (TPSA) is 41.1 Å². The number of nitrogens with zero attached hydrogens (tertiary/aromatic N) is 3. The molecule has 0 bridgehead atoms. The van der Waals surface area contributed by atoms with Crippen LogP contribution in [-0.2, 0) is 12.8 Å². The van der Waals surface area contributed by atoms with E-state index in [1.807, 2.05) is 14.0 Å². The Morgan fingerprint density at radius 1 is 1.17 bits per heavy atom. The Morgan fingerprint density at radius 3 is 2.61 bits per heavy atom. The van der Waals surface area contributed by atoms with Gasteiger partial charge in [-0.05, 0) is 38.6 Å². The fourth-order valence-electron chi connectivity index (χ4n) is 3.72. The number of alkyl halides is 2. The minimum absolute atomic E-state index is 0.0241. The van der Waals surface area contributed by atoms with Gasteiger partial charge in [-0.1, -0.05) is 0 Å². The highest BCUT2D eigenvalue weighted by atomic mass is 19.3.